The fourth-order valence-electron chi connectivity index (χ4n) is 1.86. The van der Waals surface area contributed by atoms with Gasteiger partial charge in [-0.25, -0.2) is 4.79 Å². The van der Waals surface area contributed by atoms with Crippen LogP contribution in [0.3, 0.4) is 0 Å². The Morgan fingerprint density at radius 2 is 1.94 bits per heavy atom. The SMILES string of the molecule is CC1(C(=O)O)CCN1C(=O)c1ccc(Br)cc1. The second-order valence-corrected chi connectivity index (χ2v) is 5.21. The van der Waals surface area contributed by atoms with Crippen LogP contribution in [-0.4, -0.2) is 34.0 Å². The third-order valence-corrected chi connectivity index (χ3v) is 3.74. The third-order valence-electron chi connectivity index (χ3n) is 3.22. The molecule has 0 spiro atoms. The summed E-state index contributed by atoms with van der Waals surface area (Å²) in [5, 5.41) is 9.10. The van der Waals surface area contributed by atoms with Gasteiger partial charge in [0, 0.05) is 16.6 Å². The fraction of sp³-hybridized carbons (Fsp3) is 0.333. The van der Waals surface area contributed by atoms with E-state index in [2.05, 4.69) is 15.9 Å². The van der Waals surface area contributed by atoms with E-state index in [4.69, 9.17) is 5.11 Å². The first-order valence-electron chi connectivity index (χ1n) is 5.26. The zero-order valence-corrected chi connectivity index (χ0v) is 10.9. The Bertz CT molecular complexity index is 471. The number of benzene rings is 1. The number of carbonyl (C=O) groups excluding carboxylic acids is 1. The Kier molecular flexibility index (Phi) is 2.95. The topological polar surface area (TPSA) is 57.6 Å². The van der Waals surface area contributed by atoms with E-state index in [9.17, 15) is 9.59 Å². The largest absolute Gasteiger partial charge is 0.480 e. The summed E-state index contributed by atoms with van der Waals surface area (Å²) in [6.07, 6.45) is 0.505. The van der Waals surface area contributed by atoms with Crippen LogP contribution < -0.4 is 0 Å². The summed E-state index contributed by atoms with van der Waals surface area (Å²) in [5.41, 5.74) is -0.537. The number of nitrogens with zero attached hydrogens (tertiary/aromatic N) is 1. The Labute approximate surface area is 107 Å². The molecule has 1 N–H and O–H groups in total. The number of hydrogen-bond donors (Lipinski definition) is 1. The molecule has 1 aromatic carbocycles. The van der Waals surface area contributed by atoms with E-state index in [1.165, 1.54) is 4.90 Å². The highest BCUT2D eigenvalue weighted by Gasteiger charge is 2.49. The molecule has 0 bridgehead atoms. The summed E-state index contributed by atoms with van der Waals surface area (Å²) in [7, 11) is 0. The minimum Gasteiger partial charge on any atom is -0.480 e. The van der Waals surface area contributed by atoms with E-state index in [1.807, 2.05) is 0 Å². The van der Waals surface area contributed by atoms with E-state index < -0.39 is 11.5 Å². The molecule has 1 saturated heterocycles. The summed E-state index contributed by atoms with van der Waals surface area (Å²) in [4.78, 5) is 24.6. The summed E-state index contributed by atoms with van der Waals surface area (Å²) < 4.78 is 0.888. The van der Waals surface area contributed by atoms with Crippen molar-refractivity contribution in [3.8, 4) is 0 Å². The summed E-state index contributed by atoms with van der Waals surface area (Å²) in [6, 6.07) is 6.91. The molecule has 0 aliphatic carbocycles. The van der Waals surface area contributed by atoms with Gasteiger partial charge in [-0.2, -0.15) is 0 Å². The van der Waals surface area contributed by atoms with Crippen molar-refractivity contribution < 1.29 is 14.7 Å². The predicted octanol–water partition coefficient (Wildman–Crippen LogP) is 2.14. The van der Waals surface area contributed by atoms with Crippen LogP contribution in [0, 0.1) is 0 Å². The van der Waals surface area contributed by atoms with Gasteiger partial charge in [0.1, 0.15) is 5.54 Å². The van der Waals surface area contributed by atoms with Crippen molar-refractivity contribution in [3.05, 3.63) is 34.3 Å². The molecule has 1 aliphatic heterocycles. The molecule has 5 heteroatoms. The van der Waals surface area contributed by atoms with Gasteiger partial charge in [0.15, 0.2) is 0 Å². The highest BCUT2D eigenvalue weighted by atomic mass is 79.9. The number of halogens is 1. The number of aliphatic carboxylic acids is 1. The van der Waals surface area contributed by atoms with Gasteiger partial charge in [0.25, 0.3) is 5.91 Å². The molecule has 1 amide bonds. The van der Waals surface area contributed by atoms with E-state index in [0.29, 0.717) is 18.5 Å². The van der Waals surface area contributed by atoms with Crippen molar-refractivity contribution in [1.82, 2.24) is 4.90 Å². The molecule has 17 heavy (non-hydrogen) atoms. The maximum absolute atomic E-state index is 12.1. The van der Waals surface area contributed by atoms with E-state index in [1.54, 1.807) is 31.2 Å². The lowest BCUT2D eigenvalue weighted by molar-refractivity contribution is -0.155. The molecule has 0 radical (unpaired) electrons. The van der Waals surface area contributed by atoms with Gasteiger partial charge in [0.05, 0.1) is 0 Å². The van der Waals surface area contributed by atoms with Gasteiger partial charge in [-0.3, -0.25) is 4.79 Å². The minimum atomic E-state index is -1.05. The number of carbonyl (C=O) groups is 2. The van der Waals surface area contributed by atoms with Crippen molar-refractivity contribution >= 4 is 27.8 Å². The van der Waals surface area contributed by atoms with Gasteiger partial charge in [-0.05, 0) is 37.6 Å². The molecular weight excluding hydrogens is 286 g/mol. The molecule has 0 saturated carbocycles. The van der Waals surface area contributed by atoms with E-state index in [0.717, 1.165) is 4.47 Å². The molecule has 4 nitrogen and oxygen atoms in total. The molecule has 2 rings (SSSR count). The van der Waals surface area contributed by atoms with Crippen molar-refractivity contribution in [3.63, 3.8) is 0 Å². The molecule has 1 unspecified atom stereocenters. The molecule has 1 aliphatic rings. The number of rotatable bonds is 2. The molecule has 90 valence electrons. The lowest BCUT2D eigenvalue weighted by Crippen LogP contribution is -2.64. The van der Waals surface area contributed by atoms with Crippen LogP contribution in [0.5, 0.6) is 0 Å². The average molecular weight is 298 g/mol. The maximum Gasteiger partial charge on any atom is 0.329 e. The highest BCUT2D eigenvalue weighted by molar-refractivity contribution is 9.10. The Morgan fingerprint density at radius 1 is 1.35 bits per heavy atom. The van der Waals surface area contributed by atoms with E-state index in [-0.39, 0.29) is 5.91 Å². The maximum atomic E-state index is 12.1. The number of likely N-dealkylation sites (tertiary alicyclic amines) is 1. The highest BCUT2D eigenvalue weighted by Crippen LogP contribution is 2.32. The van der Waals surface area contributed by atoms with Gasteiger partial charge >= 0.3 is 5.97 Å². The molecule has 0 aromatic heterocycles. The van der Waals surface area contributed by atoms with Crippen molar-refractivity contribution in [2.75, 3.05) is 6.54 Å². The zero-order valence-electron chi connectivity index (χ0n) is 9.31. The monoisotopic (exact) mass is 297 g/mol. The van der Waals surface area contributed by atoms with Crippen LogP contribution >= 0.6 is 15.9 Å². The molecule has 1 fully saturated rings. The number of carboxylic acid groups (broad SMARTS) is 1. The van der Waals surface area contributed by atoms with Crippen LogP contribution in [0.15, 0.2) is 28.7 Å². The Morgan fingerprint density at radius 3 is 2.35 bits per heavy atom. The first kappa shape index (κ1) is 12.1. The van der Waals surface area contributed by atoms with E-state index >= 15 is 0 Å². The van der Waals surface area contributed by atoms with Crippen LogP contribution in [0.4, 0.5) is 0 Å². The zero-order chi connectivity index (χ0) is 12.6. The van der Waals surface area contributed by atoms with Crippen LogP contribution in [0.2, 0.25) is 0 Å². The van der Waals surface area contributed by atoms with Crippen LogP contribution in [0.1, 0.15) is 23.7 Å². The molecule has 1 heterocycles. The third kappa shape index (κ3) is 1.95. The van der Waals surface area contributed by atoms with Crippen molar-refractivity contribution in [1.29, 1.82) is 0 Å². The molecule has 1 aromatic rings. The second kappa shape index (κ2) is 4.14. The predicted molar refractivity (Wildman–Crippen MR) is 65.8 cm³/mol. The quantitative estimate of drug-likeness (QED) is 0.910. The van der Waals surface area contributed by atoms with Gasteiger partial charge in [-0.15, -0.1) is 0 Å². The number of amides is 1. The van der Waals surface area contributed by atoms with Crippen molar-refractivity contribution in [2.24, 2.45) is 0 Å². The molecule has 1 atom stereocenters. The first-order chi connectivity index (χ1) is 7.95. The standard InChI is InChI=1S/C12H12BrNO3/c1-12(11(16)17)6-7-14(12)10(15)8-2-4-9(13)5-3-8/h2-5H,6-7H2,1H3,(H,16,17). The van der Waals surface area contributed by atoms with Gasteiger partial charge in [-0.1, -0.05) is 15.9 Å². The Balaban J connectivity index is 2.22. The lowest BCUT2D eigenvalue weighted by Gasteiger charge is -2.47. The summed E-state index contributed by atoms with van der Waals surface area (Å²) in [5.74, 6) is -1.18. The second-order valence-electron chi connectivity index (χ2n) is 4.29. The van der Waals surface area contributed by atoms with Crippen LogP contribution in [0.25, 0.3) is 0 Å². The fourth-order valence-corrected chi connectivity index (χ4v) is 2.12. The summed E-state index contributed by atoms with van der Waals surface area (Å²) >= 11 is 3.29. The van der Waals surface area contributed by atoms with Gasteiger partial charge < -0.3 is 10.0 Å². The number of hydrogen-bond acceptors (Lipinski definition) is 2. The first-order valence-corrected chi connectivity index (χ1v) is 6.05. The summed E-state index contributed by atoms with van der Waals surface area (Å²) in [6.45, 7) is 2.08. The van der Waals surface area contributed by atoms with Gasteiger partial charge in [0.2, 0.25) is 0 Å². The lowest BCUT2D eigenvalue weighted by atomic mass is 9.86. The smallest absolute Gasteiger partial charge is 0.329 e. The normalized spacial score (nSPS) is 23.1. The molecular formula is C12H12BrNO3. The number of carboxylic acids is 1. The minimum absolute atomic E-state index is 0.228. The average Bonchev–Trinajstić information content (AvgIpc) is 2.27. The van der Waals surface area contributed by atoms with Crippen LogP contribution in [-0.2, 0) is 4.79 Å². The van der Waals surface area contributed by atoms with Crippen molar-refractivity contribution in [2.45, 2.75) is 18.9 Å². The Hall–Kier alpha value is -1.36.